The van der Waals surface area contributed by atoms with Crippen LogP contribution >= 0.6 is 11.8 Å². The molecule has 1 saturated heterocycles. The van der Waals surface area contributed by atoms with E-state index < -0.39 is 15.5 Å². The number of aliphatic imine (C=N–C) groups is 1. The van der Waals surface area contributed by atoms with Crippen LogP contribution in [0.1, 0.15) is 20.3 Å². The van der Waals surface area contributed by atoms with Crippen molar-refractivity contribution in [3.63, 3.8) is 0 Å². The number of para-hydroxylation sites is 1. The van der Waals surface area contributed by atoms with Crippen LogP contribution in [0.15, 0.2) is 35.3 Å². The molecule has 2 aliphatic heterocycles. The normalized spacial score (nSPS) is 24.8. The average molecular weight is 370 g/mol. The highest BCUT2D eigenvalue weighted by Gasteiger charge is 2.40. The summed E-state index contributed by atoms with van der Waals surface area (Å²) in [5.74, 6) is 2.05. The first-order valence-corrected chi connectivity index (χ1v) is 10.8. The van der Waals surface area contributed by atoms with Crippen LogP contribution in [0.4, 0.5) is 0 Å². The molecule has 2 heterocycles. The predicted molar refractivity (Wildman–Crippen MR) is 97.9 cm³/mol. The molecule has 8 heteroatoms. The third-order valence-electron chi connectivity index (χ3n) is 3.88. The SMILES string of the molecule is CC1(C)N=C(SCCOc2ccccc2)N(C2CCS(=O)(=O)C2)N1. The number of amidine groups is 1. The molecule has 0 radical (unpaired) electrons. The summed E-state index contributed by atoms with van der Waals surface area (Å²) in [7, 11) is -2.93. The van der Waals surface area contributed by atoms with Crippen molar-refractivity contribution in [3.8, 4) is 5.75 Å². The number of ether oxygens (including phenoxy) is 1. The van der Waals surface area contributed by atoms with E-state index in [0.717, 1.165) is 16.7 Å². The minimum Gasteiger partial charge on any atom is -0.493 e. The maximum atomic E-state index is 11.8. The number of nitrogens with one attached hydrogen (secondary N) is 1. The summed E-state index contributed by atoms with van der Waals surface area (Å²) < 4.78 is 29.2. The first kappa shape index (κ1) is 17.6. The number of hydrazine groups is 1. The molecule has 0 spiro atoms. The number of hydrogen-bond acceptors (Lipinski definition) is 7. The minimum atomic E-state index is -2.93. The highest BCUT2D eigenvalue weighted by molar-refractivity contribution is 8.13. The molecule has 1 fully saturated rings. The summed E-state index contributed by atoms with van der Waals surface area (Å²) in [5.41, 5.74) is 2.91. The molecule has 1 atom stereocenters. The Labute approximate surface area is 147 Å². The first-order chi connectivity index (χ1) is 11.3. The Morgan fingerprint density at radius 1 is 1.38 bits per heavy atom. The third-order valence-corrected chi connectivity index (χ3v) is 6.54. The van der Waals surface area contributed by atoms with Gasteiger partial charge in [0, 0.05) is 5.75 Å². The Bertz CT molecular complexity index is 705. The predicted octanol–water partition coefficient (Wildman–Crippen LogP) is 1.90. The van der Waals surface area contributed by atoms with Crippen molar-refractivity contribution in [2.75, 3.05) is 23.9 Å². The molecule has 0 aliphatic carbocycles. The fraction of sp³-hybridized carbons (Fsp3) is 0.562. The zero-order valence-corrected chi connectivity index (χ0v) is 15.6. The standard InChI is InChI=1S/C16H23N3O3S2/c1-16(2)17-15(19(18-16)13-8-11-24(20,21)12-13)23-10-9-22-14-6-4-3-5-7-14/h3-7,13,18H,8-12H2,1-2H3. The second-order valence-electron chi connectivity index (χ2n) is 6.50. The zero-order chi connectivity index (χ0) is 17.2. The molecule has 1 aromatic rings. The summed E-state index contributed by atoms with van der Waals surface area (Å²) in [6.07, 6.45) is 0.644. The molecule has 3 rings (SSSR count). The maximum absolute atomic E-state index is 11.8. The molecular weight excluding hydrogens is 346 g/mol. The Morgan fingerprint density at radius 2 is 2.12 bits per heavy atom. The van der Waals surface area contributed by atoms with Crippen LogP contribution in [0, 0.1) is 0 Å². The fourth-order valence-electron chi connectivity index (χ4n) is 2.80. The van der Waals surface area contributed by atoms with Crippen LogP contribution in [0.3, 0.4) is 0 Å². The van der Waals surface area contributed by atoms with Crippen molar-refractivity contribution in [1.29, 1.82) is 0 Å². The smallest absolute Gasteiger partial charge is 0.176 e. The summed E-state index contributed by atoms with van der Waals surface area (Å²) in [6.45, 7) is 4.54. The van der Waals surface area contributed by atoms with Crippen molar-refractivity contribution in [2.24, 2.45) is 4.99 Å². The number of rotatable bonds is 5. The molecule has 24 heavy (non-hydrogen) atoms. The van der Waals surface area contributed by atoms with Gasteiger partial charge in [-0.15, -0.1) is 0 Å². The minimum absolute atomic E-state index is 0.0435. The van der Waals surface area contributed by atoms with E-state index >= 15 is 0 Å². The molecule has 0 aromatic heterocycles. The van der Waals surface area contributed by atoms with E-state index in [1.54, 1.807) is 11.8 Å². The van der Waals surface area contributed by atoms with E-state index in [4.69, 9.17) is 4.74 Å². The van der Waals surface area contributed by atoms with Crippen molar-refractivity contribution >= 4 is 26.8 Å². The zero-order valence-electron chi connectivity index (χ0n) is 13.9. The Morgan fingerprint density at radius 3 is 2.79 bits per heavy atom. The molecule has 0 amide bonds. The van der Waals surface area contributed by atoms with E-state index in [1.807, 2.05) is 49.2 Å². The summed E-state index contributed by atoms with van der Waals surface area (Å²) >= 11 is 1.59. The van der Waals surface area contributed by atoms with E-state index in [2.05, 4.69) is 10.4 Å². The molecule has 132 valence electrons. The van der Waals surface area contributed by atoms with Gasteiger partial charge in [0.15, 0.2) is 15.0 Å². The molecule has 2 aliphatic rings. The topological polar surface area (TPSA) is 71.0 Å². The highest BCUT2D eigenvalue weighted by atomic mass is 32.2. The Hall–Kier alpha value is -1.25. The highest BCUT2D eigenvalue weighted by Crippen LogP contribution is 2.27. The van der Waals surface area contributed by atoms with Gasteiger partial charge in [0.25, 0.3) is 0 Å². The van der Waals surface area contributed by atoms with Gasteiger partial charge >= 0.3 is 0 Å². The van der Waals surface area contributed by atoms with Gasteiger partial charge in [0.2, 0.25) is 0 Å². The maximum Gasteiger partial charge on any atom is 0.176 e. The third kappa shape index (κ3) is 4.43. The van der Waals surface area contributed by atoms with Crippen molar-refractivity contribution < 1.29 is 13.2 Å². The molecule has 1 unspecified atom stereocenters. The van der Waals surface area contributed by atoms with Crippen molar-refractivity contribution in [3.05, 3.63) is 30.3 Å². The number of sulfone groups is 1. The fourth-order valence-corrected chi connectivity index (χ4v) is 5.47. The Kier molecular flexibility index (Phi) is 5.08. The van der Waals surface area contributed by atoms with Gasteiger partial charge < -0.3 is 4.74 Å². The van der Waals surface area contributed by atoms with E-state index in [0.29, 0.717) is 13.0 Å². The van der Waals surface area contributed by atoms with Gasteiger partial charge in [-0.25, -0.2) is 18.8 Å². The van der Waals surface area contributed by atoms with E-state index in [-0.39, 0.29) is 17.5 Å². The first-order valence-electron chi connectivity index (χ1n) is 8.03. The molecular formula is C16H23N3O3S2. The molecule has 0 bridgehead atoms. The van der Waals surface area contributed by atoms with Gasteiger partial charge in [0.05, 0.1) is 24.2 Å². The van der Waals surface area contributed by atoms with Gasteiger partial charge in [0.1, 0.15) is 11.4 Å². The van der Waals surface area contributed by atoms with E-state index in [9.17, 15) is 8.42 Å². The van der Waals surface area contributed by atoms with E-state index in [1.165, 1.54) is 0 Å². The number of benzene rings is 1. The van der Waals surface area contributed by atoms with Crippen molar-refractivity contribution in [1.82, 2.24) is 10.4 Å². The lowest BCUT2D eigenvalue weighted by Gasteiger charge is -2.28. The monoisotopic (exact) mass is 369 g/mol. The number of thioether (sulfide) groups is 1. The summed E-state index contributed by atoms with van der Waals surface area (Å²) in [5, 5.41) is 2.79. The second-order valence-corrected chi connectivity index (χ2v) is 9.79. The lowest BCUT2D eigenvalue weighted by molar-refractivity contribution is 0.204. The van der Waals surface area contributed by atoms with Crippen LogP contribution in [0.5, 0.6) is 5.75 Å². The van der Waals surface area contributed by atoms with Gasteiger partial charge in [-0.2, -0.15) is 0 Å². The summed E-state index contributed by atoms with van der Waals surface area (Å²) in [6, 6.07) is 9.65. The van der Waals surface area contributed by atoms with Crippen LogP contribution in [0.25, 0.3) is 0 Å². The van der Waals surface area contributed by atoms with Crippen LogP contribution in [0.2, 0.25) is 0 Å². The molecule has 0 saturated carbocycles. The second kappa shape index (κ2) is 6.93. The van der Waals surface area contributed by atoms with Crippen LogP contribution in [-0.2, 0) is 9.84 Å². The van der Waals surface area contributed by atoms with Crippen molar-refractivity contribution in [2.45, 2.75) is 32.0 Å². The van der Waals surface area contributed by atoms with Gasteiger partial charge in [-0.1, -0.05) is 30.0 Å². The lowest BCUT2D eigenvalue weighted by Crippen LogP contribution is -2.50. The largest absolute Gasteiger partial charge is 0.493 e. The van der Waals surface area contributed by atoms with Gasteiger partial charge in [-0.05, 0) is 32.4 Å². The Balaban J connectivity index is 1.56. The molecule has 1 aromatic carbocycles. The van der Waals surface area contributed by atoms with Crippen LogP contribution < -0.4 is 10.2 Å². The number of nitrogens with zero attached hydrogens (tertiary/aromatic N) is 2. The number of hydrogen-bond donors (Lipinski definition) is 1. The quantitative estimate of drug-likeness (QED) is 0.800. The molecule has 1 N–H and O–H groups in total. The lowest BCUT2D eigenvalue weighted by atomic mass is 10.2. The molecule has 6 nitrogen and oxygen atoms in total. The van der Waals surface area contributed by atoms with Crippen LogP contribution in [-0.4, -0.2) is 54.2 Å². The van der Waals surface area contributed by atoms with Gasteiger partial charge in [-0.3, -0.25) is 5.01 Å². The summed E-state index contributed by atoms with van der Waals surface area (Å²) in [4.78, 5) is 4.68. The average Bonchev–Trinajstić information content (AvgIpc) is 3.03.